The van der Waals surface area contributed by atoms with Crippen LogP contribution in [0.3, 0.4) is 0 Å². The zero-order valence-corrected chi connectivity index (χ0v) is 18.6. The van der Waals surface area contributed by atoms with Crippen LogP contribution in [0, 0.1) is 0 Å². The molecule has 2 N–H and O–H groups in total. The molecule has 0 bridgehead atoms. The Bertz CT molecular complexity index is 1070. The highest BCUT2D eigenvalue weighted by Gasteiger charge is 2.16. The standard InChI is InChI=1S/C24H24N2O5S/c1-29-21-11-10-17(15-22(21)30-2)23(27)26-20(16-19-9-6-14-32-19)24(28)25-12-13-31-18-7-4-3-5-8-18/h3-11,14-16H,12-13H2,1-2H3,(H,25,28)(H,26,27)/b20-16-. The lowest BCUT2D eigenvalue weighted by Gasteiger charge is -2.13. The summed E-state index contributed by atoms with van der Waals surface area (Å²) < 4.78 is 16.1. The van der Waals surface area contributed by atoms with Crippen molar-refractivity contribution in [2.24, 2.45) is 0 Å². The third kappa shape index (κ3) is 6.36. The molecule has 8 heteroatoms. The van der Waals surface area contributed by atoms with Crippen molar-refractivity contribution >= 4 is 29.2 Å². The van der Waals surface area contributed by atoms with Crippen molar-refractivity contribution in [3.8, 4) is 17.2 Å². The van der Waals surface area contributed by atoms with E-state index in [9.17, 15) is 9.59 Å². The molecule has 0 aliphatic carbocycles. The zero-order valence-electron chi connectivity index (χ0n) is 17.8. The molecule has 0 saturated heterocycles. The molecule has 2 aromatic carbocycles. The number of ether oxygens (including phenoxy) is 3. The lowest BCUT2D eigenvalue weighted by molar-refractivity contribution is -0.117. The van der Waals surface area contributed by atoms with Crippen LogP contribution in [0.5, 0.6) is 17.2 Å². The van der Waals surface area contributed by atoms with E-state index in [0.29, 0.717) is 23.7 Å². The maximum Gasteiger partial charge on any atom is 0.267 e. The number of amides is 2. The first-order valence-electron chi connectivity index (χ1n) is 9.85. The fourth-order valence-electron chi connectivity index (χ4n) is 2.79. The van der Waals surface area contributed by atoms with E-state index < -0.39 is 11.8 Å². The van der Waals surface area contributed by atoms with Crippen LogP contribution in [0.25, 0.3) is 6.08 Å². The minimum atomic E-state index is -0.440. The van der Waals surface area contributed by atoms with Crippen molar-refractivity contribution in [2.45, 2.75) is 0 Å². The fraction of sp³-hybridized carbons (Fsp3) is 0.167. The van der Waals surface area contributed by atoms with Gasteiger partial charge < -0.3 is 24.8 Å². The summed E-state index contributed by atoms with van der Waals surface area (Å²) in [6, 6.07) is 17.9. The van der Waals surface area contributed by atoms with Crippen molar-refractivity contribution in [2.75, 3.05) is 27.4 Å². The number of para-hydroxylation sites is 1. The molecule has 0 radical (unpaired) electrons. The summed E-state index contributed by atoms with van der Waals surface area (Å²) in [5.74, 6) is 0.798. The zero-order chi connectivity index (χ0) is 22.8. The van der Waals surface area contributed by atoms with E-state index in [0.717, 1.165) is 10.6 Å². The maximum absolute atomic E-state index is 12.8. The summed E-state index contributed by atoms with van der Waals surface area (Å²) in [5.41, 5.74) is 0.465. The van der Waals surface area contributed by atoms with Gasteiger partial charge in [-0.3, -0.25) is 9.59 Å². The molecule has 0 spiro atoms. The number of benzene rings is 2. The van der Waals surface area contributed by atoms with E-state index in [1.807, 2.05) is 47.8 Å². The predicted octanol–water partition coefficient (Wildman–Crippen LogP) is 3.73. The van der Waals surface area contributed by atoms with E-state index in [2.05, 4.69) is 10.6 Å². The summed E-state index contributed by atoms with van der Waals surface area (Å²) in [7, 11) is 3.01. The second-order valence-corrected chi connectivity index (χ2v) is 7.49. The lowest BCUT2D eigenvalue weighted by atomic mass is 10.1. The Balaban J connectivity index is 1.67. The SMILES string of the molecule is COc1ccc(C(=O)N/C(=C\c2cccs2)C(=O)NCCOc2ccccc2)cc1OC. The molecule has 0 aliphatic heterocycles. The van der Waals surface area contributed by atoms with Crippen LogP contribution >= 0.6 is 11.3 Å². The fourth-order valence-corrected chi connectivity index (χ4v) is 3.45. The quantitative estimate of drug-likeness (QED) is 0.362. The third-order valence-corrected chi connectivity index (χ3v) is 5.19. The van der Waals surface area contributed by atoms with Crippen molar-refractivity contribution in [3.05, 3.63) is 82.2 Å². The van der Waals surface area contributed by atoms with Gasteiger partial charge in [-0.1, -0.05) is 24.3 Å². The number of methoxy groups -OCH3 is 2. The van der Waals surface area contributed by atoms with Crippen LogP contribution in [0.2, 0.25) is 0 Å². The van der Waals surface area contributed by atoms with E-state index in [1.54, 1.807) is 24.3 Å². The smallest absolute Gasteiger partial charge is 0.267 e. The van der Waals surface area contributed by atoms with Crippen LogP contribution in [-0.2, 0) is 4.79 Å². The summed E-state index contributed by atoms with van der Waals surface area (Å²) in [6.07, 6.45) is 1.64. The molecule has 3 rings (SSSR count). The van der Waals surface area contributed by atoms with Gasteiger partial charge in [-0.05, 0) is 47.9 Å². The average molecular weight is 453 g/mol. The van der Waals surface area contributed by atoms with E-state index in [1.165, 1.54) is 25.6 Å². The Morgan fingerprint density at radius 2 is 1.75 bits per heavy atom. The number of thiophene rings is 1. The van der Waals surface area contributed by atoms with Crippen molar-refractivity contribution < 1.29 is 23.8 Å². The second kappa shape index (κ2) is 11.6. The number of nitrogens with one attached hydrogen (secondary N) is 2. The summed E-state index contributed by atoms with van der Waals surface area (Å²) in [6.45, 7) is 0.577. The molecule has 0 aliphatic rings. The highest BCUT2D eigenvalue weighted by atomic mass is 32.1. The molecule has 7 nitrogen and oxygen atoms in total. The molecule has 0 fully saturated rings. The van der Waals surface area contributed by atoms with Gasteiger partial charge in [0.25, 0.3) is 11.8 Å². The number of carbonyl (C=O) groups excluding carboxylic acids is 2. The highest BCUT2D eigenvalue weighted by Crippen LogP contribution is 2.27. The van der Waals surface area contributed by atoms with E-state index in [4.69, 9.17) is 14.2 Å². The van der Waals surface area contributed by atoms with Gasteiger partial charge in [-0.15, -0.1) is 11.3 Å². The first-order valence-corrected chi connectivity index (χ1v) is 10.7. The number of rotatable bonds is 10. The largest absolute Gasteiger partial charge is 0.493 e. The van der Waals surface area contributed by atoms with Crippen molar-refractivity contribution in [3.63, 3.8) is 0 Å². The van der Waals surface area contributed by atoms with Gasteiger partial charge in [0.1, 0.15) is 18.1 Å². The minimum absolute atomic E-state index is 0.131. The molecular weight excluding hydrogens is 428 g/mol. The molecule has 1 aromatic heterocycles. The third-order valence-electron chi connectivity index (χ3n) is 4.37. The molecule has 3 aromatic rings. The molecular formula is C24H24N2O5S. The summed E-state index contributed by atoms with van der Waals surface area (Å²) >= 11 is 1.46. The Morgan fingerprint density at radius 3 is 2.44 bits per heavy atom. The Labute approximate surface area is 190 Å². The van der Waals surface area contributed by atoms with Gasteiger partial charge in [0.15, 0.2) is 11.5 Å². The molecule has 2 amide bonds. The Kier molecular flexibility index (Phi) is 8.28. The molecule has 1 heterocycles. The molecule has 0 atom stereocenters. The second-order valence-electron chi connectivity index (χ2n) is 6.51. The number of carbonyl (C=O) groups is 2. The number of hydrogen-bond donors (Lipinski definition) is 2. The lowest BCUT2D eigenvalue weighted by Crippen LogP contribution is -2.36. The van der Waals surface area contributed by atoms with Crippen LogP contribution in [0.1, 0.15) is 15.2 Å². The first-order chi connectivity index (χ1) is 15.6. The normalized spacial score (nSPS) is 10.9. The van der Waals surface area contributed by atoms with Crippen LogP contribution < -0.4 is 24.8 Å². The highest BCUT2D eigenvalue weighted by molar-refractivity contribution is 7.10. The van der Waals surface area contributed by atoms with Crippen LogP contribution in [-0.4, -0.2) is 39.2 Å². The van der Waals surface area contributed by atoms with Gasteiger partial charge in [0.05, 0.1) is 20.8 Å². The van der Waals surface area contributed by atoms with Gasteiger partial charge in [-0.25, -0.2) is 0 Å². The molecule has 0 saturated carbocycles. The van der Waals surface area contributed by atoms with E-state index >= 15 is 0 Å². The number of hydrogen-bond acceptors (Lipinski definition) is 6. The van der Waals surface area contributed by atoms with Gasteiger partial charge in [-0.2, -0.15) is 0 Å². The van der Waals surface area contributed by atoms with E-state index in [-0.39, 0.29) is 12.2 Å². The van der Waals surface area contributed by atoms with Crippen molar-refractivity contribution in [1.82, 2.24) is 10.6 Å². The average Bonchev–Trinajstić information content (AvgIpc) is 3.34. The van der Waals surface area contributed by atoms with Crippen LogP contribution in [0.4, 0.5) is 0 Å². The Morgan fingerprint density at radius 1 is 0.969 bits per heavy atom. The topological polar surface area (TPSA) is 85.9 Å². The minimum Gasteiger partial charge on any atom is -0.493 e. The van der Waals surface area contributed by atoms with Gasteiger partial charge in [0, 0.05) is 10.4 Å². The predicted molar refractivity (Wildman–Crippen MR) is 124 cm³/mol. The Hall–Kier alpha value is -3.78. The van der Waals surface area contributed by atoms with Gasteiger partial charge in [0.2, 0.25) is 0 Å². The maximum atomic E-state index is 12.8. The molecule has 32 heavy (non-hydrogen) atoms. The summed E-state index contributed by atoms with van der Waals surface area (Å²) in [4.78, 5) is 26.4. The summed E-state index contributed by atoms with van der Waals surface area (Å²) in [5, 5.41) is 7.37. The van der Waals surface area contributed by atoms with Gasteiger partial charge >= 0.3 is 0 Å². The van der Waals surface area contributed by atoms with Crippen LogP contribution in [0.15, 0.2) is 71.7 Å². The first kappa shape index (κ1) is 22.9. The monoisotopic (exact) mass is 452 g/mol. The van der Waals surface area contributed by atoms with Crippen molar-refractivity contribution in [1.29, 1.82) is 0 Å². The molecule has 166 valence electrons. The molecule has 0 unspecified atom stereocenters.